The molecule has 0 atom stereocenters. The summed E-state index contributed by atoms with van der Waals surface area (Å²) < 4.78 is 2.59. The predicted octanol–water partition coefficient (Wildman–Crippen LogP) is 0.474. The second kappa shape index (κ2) is 3.31. The van der Waals surface area contributed by atoms with E-state index in [-0.39, 0.29) is 5.43 Å². The molecule has 0 amide bonds. The molecule has 0 unspecified atom stereocenters. The fraction of sp³-hybridized carbons (Fsp3) is 0.333. The third kappa shape index (κ3) is 1.31. The van der Waals surface area contributed by atoms with E-state index in [4.69, 9.17) is 0 Å². The first-order chi connectivity index (χ1) is 7.27. The molecular weight excluding hydrogens is 307 g/mol. The monoisotopic (exact) mass is 316 g/mol. The molecule has 6 heteroatoms. The highest BCUT2D eigenvalue weighted by molar-refractivity contribution is 14.1. The van der Waals surface area contributed by atoms with Crippen molar-refractivity contribution < 1.29 is 0 Å². The molecule has 1 fully saturated rings. The number of hydrogen-bond donors (Lipinski definition) is 2. The van der Waals surface area contributed by atoms with Crippen LogP contribution in [-0.2, 0) is 0 Å². The van der Waals surface area contributed by atoms with Crippen molar-refractivity contribution in [2.75, 3.05) is 13.1 Å². The molecule has 2 aromatic heterocycles. The zero-order valence-corrected chi connectivity index (χ0v) is 9.98. The molecule has 3 heterocycles. The molecule has 0 saturated carbocycles. The van der Waals surface area contributed by atoms with Crippen molar-refractivity contribution in [3.8, 4) is 0 Å². The normalized spacial score (nSPS) is 16.9. The van der Waals surface area contributed by atoms with E-state index in [0.717, 1.165) is 18.7 Å². The highest BCUT2D eigenvalue weighted by atomic mass is 127. The van der Waals surface area contributed by atoms with Crippen molar-refractivity contribution in [1.82, 2.24) is 20.1 Å². The molecule has 5 nitrogen and oxygen atoms in total. The summed E-state index contributed by atoms with van der Waals surface area (Å²) in [7, 11) is 0. The Balaban J connectivity index is 2.26. The number of halogens is 1. The third-order valence-corrected chi connectivity index (χ3v) is 3.50. The smallest absolute Gasteiger partial charge is 0.205 e. The Morgan fingerprint density at radius 2 is 2.33 bits per heavy atom. The lowest BCUT2D eigenvalue weighted by molar-refractivity contribution is 0.325. The first-order valence-corrected chi connectivity index (χ1v) is 5.80. The minimum Gasteiger partial charge on any atom is -0.345 e. The van der Waals surface area contributed by atoms with Crippen LogP contribution in [0.5, 0.6) is 0 Å². The molecular formula is C9H9IN4O. The number of aromatic amines is 1. The zero-order chi connectivity index (χ0) is 10.4. The molecule has 0 radical (unpaired) electrons. The van der Waals surface area contributed by atoms with Crippen LogP contribution < -0.4 is 10.7 Å². The van der Waals surface area contributed by atoms with Gasteiger partial charge in [-0.05, 0) is 22.6 Å². The fourth-order valence-electron chi connectivity index (χ4n) is 1.72. The number of rotatable bonds is 1. The Labute approximate surface area is 99.0 Å². The topological polar surface area (TPSA) is 62.7 Å². The second-order valence-electron chi connectivity index (χ2n) is 3.63. The van der Waals surface area contributed by atoms with Gasteiger partial charge in [-0.3, -0.25) is 4.79 Å². The van der Waals surface area contributed by atoms with Gasteiger partial charge in [0.25, 0.3) is 0 Å². The van der Waals surface area contributed by atoms with Crippen molar-refractivity contribution in [2.24, 2.45) is 0 Å². The van der Waals surface area contributed by atoms with Gasteiger partial charge in [0.2, 0.25) is 5.43 Å². The Hall–Kier alpha value is -0.890. The van der Waals surface area contributed by atoms with E-state index in [1.54, 1.807) is 12.4 Å². The SMILES string of the molecule is O=c1c(I)c[nH]c2c1cnn2C1CNC1. The quantitative estimate of drug-likeness (QED) is 0.752. The van der Waals surface area contributed by atoms with E-state index < -0.39 is 0 Å². The van der Waals surface area contributed by atoms with Crippen LogP contribution in [0.4, 0.5) is 0 Å². The van der Waals surface area contributed by atoms with Gasteiger partial charge in [0.05, 0.1) is 21.2 Å². The molecule has 1 aliphatic heterocycles. The summed E-state index contributed by atoms with van der Waals surface area (Å²) in [4.78, 5) is 14.9. The third-order valence-electron chi connectivity index (χ3n) is 2.70. The van der Waals surface area contributed by atoms with Gasteiger partial charge >= 0.3 is 0 Å². The minimum absolute atomic E-state index is 0.0582. The average molecular weight is 316 g/mol. The Morgan fingerprint density at radius 3 is 3.00 bits per heavy atom. The summed E-state index contributed by atoms with van der Waals surface area (Å²) in [5.41, 5.74) is 0.884. The molecule has 0 aromatic carbocycles. The second-order valence-corrected chi connectivity index (χ2v) is 4.79. The van der Waals surface area contributed by atoms with Gasteiger partial charge in [-0.15, -0.1) is 0 Å². The number of nitrogens with one attached hydrogen (secondary N) is 2. The lowest BCUT2D eigenvalue weighted by Gasteiger charge is -2.27. The maximum atomic E-state index is 11.8. The van der Waals surface area contributed by atoms with E-state index in [9.17, 15) is 4.79 Å². The summed E-state index contributed by atoms with van der Waals surface area (Å²) in [6, 6.07) is 0.373. The average Bonchev–Trinajstić information content (AvgIpc) is 2.54. The van der Waals surface area contributed by atoms with E-state index >= 15 is 0 Å². The highest BCUT2D eigenvalue weighted by Gasteiger charge is 2.22. The molecule has 3 rings (SSSR count). The van der Waals surface area contributed by atoms with Crippen LogP contribution in [0.1, 0.15) is 6.04 Å². The van der Waals surface area contributed by atoms with Gasteiger partial charge < -0.3 is 10.3 Å². The molecule has 0 spiro atoms. The Bertz CT molecular complexity index is 569. The maximum Gasteiger partial charge on any atom is 0.205 e. The molecule has 2 aromatic rings. The van der Waals surface area contributed by atoms with Crippen molar-refractivity contribution >= 4 is 33.6 Å². The molecule has 2 N–H and O–H groups in total. The van der Waals surface area contributed by atoms with E-state index in [2.05, 4.69) is 15.4 Å². The standard InChI is InChI=1S/C9H9IN4O/c10-7-4-12-9-6(8(7)15)3-13-14(9)5-1-11-2-5/h3-5,11H,1-2H2,(H,12,15). The molecule has 1 saturated heterocycles. The Kier molecular flexibility index (Phi) is 2.06. The van der Waals surface area contributed by atoms with Crippen LogP contribution >= 0.6 is 22.6 Å². The maximum absolute atomic E-state index is 11.8. The number of H-pyrrole nitrogens is 1. The first-order valence-electron chi connectivity index (χ1n) is 4.72. The minimum atomic E-state index is 0.0582. The van der Waals surface area contributed by atoms with E-state index in [1.807, 2.05) is 27.3 Å². The number of nitrogens with zero attached hydrogens (tertiary/aromatic N) is 2. The summed E-state index contributed by atoms with van der Waals surface area (Å²) in [5.74, 6) is 0. The largest absolute Gasteiger partial charge is 0.345 e. The van der Waals surface area contributed by atoms with Gasteiger partial charge in [-0.2, -0.15) is 5.10 Å². The fourth-order valence-corrected chi connectivity index (χ4v) is 2.17. The number of fused-ring (bicyclic) bond motifs is 1. The van der Waals surface area contributed by atoms with Gasteiger partial charge in [-0.1, -0.05) is 0 Å². The Morgan fingerprint density at radius 1 is 1.53 bits per heavy atom. The van der Waals surface area contributed by atoms with Crippen LogP contribution in [0, 0.1) is 3.57 Å². The number of pyridine rings is 1. The first kappa shape index (κ1) is 9.34. The van der Waals surface area contributed by atoms with E-state index in [0.29, 0.717) is 15.0 Å². The molecule has 0 aliphatic carbocycles. The lowest BCUT2D eigenvalue weighted by Crippen LogP contribution is -2.43. The summed E-state index contributed by atoms with van der Waals surface area (Å²) >= 11 is 2.03. The summed E-state index contributed by atoms with van der Waals surface area (Å²) in [6.07, 6.45) is 3.38. The van der Waals surface area contributed by atoms with Crippen LogP contribution in [-0.4, -0.2) is 27.9 Å². The van der Waals surface area contributed by atoms with Gasteiger partial charge in [0.1, 0.15) is 5.65 Å². The number of aromatic nitrogens is 3. The van der Waals surface area contributed by atoms with Crippen LogP contribution in [0.2, 0.25) is 0 Å². The molecule has 15 heavy (non-hydrogen) atoms. The van der Waals surface area contributed by atoms with Crippen LogP contribution in [0.25, 0.3) is 11.0 Å². The molecule has 78 valence electrons. The van der Waals surface area contributed by atoms with Crippen LogP contribution in [0.15, 0.2) is 17.2 Å². The van der Waals surface area contributed by atoms with E-state index in [1.165, 1.54) is 0 Å². The number of hydrogen-bond acceptors (Lipinski definition) is 3. The van der Waals surface area contributed by atoms with Crippen molar-refractivity contribution in [3.05, 3.63) is 26.2 Å². The van der Waals surface area contributed by atoms with Crippen molar-refractivity contribution in [3.63, 3.8) is 0 Å². The predicted molar refractivity (Wildman–Crippen MR) is 65.0 cm³/mol. The zero-order valence-electron chi connectivity index (χ0n) is 7.83. The highest BCUT2D eigenvalue weighted by Crippen LogP contribution is 2.16. The van der Waals surface area contributed by atoms with Gasteiger partial charge in [0.15, 0.2) is 0 Å². The molecule has 1 aliphatic rings. The lowest BCUT2D eigenvalue weighted by atomic mass is 10.2. The van der Waals surface area contributed by atoms with Crippen molar-refractivity contribution in [2.45, 2.75) is 6.04 Å². The van der Waals surface area contributed by atoms with Crippen molar-refractivity contribution in [1.29, 1.82) is 0 Å². The van der Waals surface area contributed by atoms with Crippen LogP contribution in [0.3, 0.4) is 0 Å². The van der Waals surface area contributed by atoms with Gasteiger partial charge in [-0.25, -0.2) is 4.68 Å². The summed E-state index contributed by atoms with van der Waals surface area (Å²) in [5, 5.41) is 8.12. The van der Waals surface area contributed by atoms with Gasteiger partial charge in [0, 0.05) is 19.3 Å². The summed E-state index contributed by atoms with van der Waals surface area (Å²) in [6.45, 7) is 1.84. The molecule has 0 bridgehead atoms.